The highest BCUT2D eigenvalue weighted by atomic mass is 32.2. The number of carbonyl (C=O) groups excluding carboxylic acids is 1. The summed E-state index contributed by atoms with van der Waals surface area (Å²) in [5.41, 5.74) is 0. The summed E-state index contributed by atoms with van der Waals surface area (Å²) in [5.74, 6) is 0.560. The molecule has 8 nitrogen and oxygen atoms in total. The molecule has 0 radical (unpaired) electrons. The van der Waals surface area contributed by atoms with E-state index >= 15 is 0 Å². The van der Waals surface area contributed by atoms with Crippen LogP contribution in [0.2, 0.25) is 0 Å². The van der Waals surface area contributed by atoms with Crippen LogP contribution < -0.4 is 14.2 Å². The van der Waals surface area contributed by atoms with Crippen LogP contribution in [-0.4, -0.2) is 54.0 Å². The Morgan fingerprint density at radius 3 is 2.72 bits per heavy atom. The molecule has 9 heteroatoms. The van der Waals surface area contributed by atoms with E-state index in [2.05, 4.69) is 4.72 Å². The number of ether oxygens (including phenoxy) is 4. The van der Waals surface area contributed by atoms with Gasteiger partial charge in [0.1, 0.15) is 19.8 Å². The molecule has 1 aliphatic rings. The van der Waals surface area contributed by atoms with Crippen molar-refractivity contribution in [1.29, 1.82) is 0 Å². The SMILES string of the molecule is CCOCCOC(=O)CCCNS(=O)(=O)c1ccc2c(c1)OCCO2. The molecule has 1 heterocycles. The number of esters is 1. The van der Waals surface area contributed by atoms with Gasteiger partial charge < -0.3 is 18.9 Å². The van der Waals surface area contributed by atoms with E-state index in [0.717, 1.165) is 0 Å². The average Bonchev–Trinajstić information content (AvgIpc) is 2.62. The lowest BCUT2D eigenvalue weighted by Crippen LogP contribution is -2.26. The fourth-order valence-corrected chi connectivity index (χ4v) is 3.23. The summed E-state index contributed by atoms with van der Waals surface area (Å²) in [7, 11) is -3.67. The van der Waals surface area contributed by atoms with Gasteiger partial charge in [0.25, 0.3) is 0 Å². The smallest absolute Gasteiger partial charge is 0.305 e. The van der Waals surface area contributed by atoms with Crippen molar-refractivity contribution in [3.05, 3.63) is 18.2 Å². The normalized spacial score (nSPS) is 13.5. The van der Waals surface area contributed by atoms with Gasteiger partial charge in [0.15, 0.2) is 11.5 Å². The topological polar surface area (TPSA) is 100 Å². The number of hydrogen-bond acceptors (Lipinski definition) is 7. The first-order valence-corrected chi connectivity index (χ1v) is 9.64. The molecule has 0 aromatic heterocycles. The summed E-state index contributed by atoms with van der Waals surface area (Å²) < 4.78 is 47.7. The summed E-state index contributed by atoms with van der Waals surface area (Å²) in [6.07, 6.45) is 0.479. The second-order valence-electron chi connectivity index (χ2n) is 5.22. The van der Waals surface area contributed by atoms with Crippen LogP contribution in [0.5, 0.6) is 11.5 Å². The first kappa shape index (κ1) is 19.5. The molecule has 0 unspecified atom stereocenters. The first-order chi connectivity index (χ1) is 12.0. The Hall–Kier alpha value is -1.84. The number of nitrogens with one attached hydrogen (secondary N) is 1. The van der Waals surface area contributed by atoms with E-state index in [9.17, 15) is 13.2 Å². The van der Waals surface area contributed by atoms with E-state index in [0.29, 0.717) is 44.3 Å². The molecule has 0 atom stereocenters. The first-order valence-electron chi connectivity index (χ1n) is 8.15. The van der Waals surface area contributed by atoms with Crippen LogP contribution in [0.3, 0.4) is 0 Å². The zero-order valence-corrected chi connectivity index (χ0v) is 15.0. The Bertz CT molecular complexity index is 675. The minimum Gasteiger partial charge on any atom is -0.486 e. The molecule has 0 saturated carbocycles. The van der Waals surface area contributed by atoms with Crippen molar-refractivity contribution in [1.82, 2.24) is 4.72 Å². The molecule has 0 fully saturated rings. The molecule has 1 aromatic carbocycles. The van der Waals surface area contributed by atoms with Crippen LogP contribution >= 0.6 is 0 Å². The van der Waals surface area contributed by atoms with Crippen LogP contribution in [0, 0.1) is 0 Å². The molecular weight excluding hydrogens is 350 g/mol. The summed E-state index contributed by atoms with van der Waals surface area (Å²) >= 11 is 0. The molecular formula is C16H23NO7S. The zero-order valence-electron chi connectivity index (χ0n) is 14.2. The van der Waals surface area contributed by atoms with Gasteiger partial charge in [-0.15, -0.1) is 0 Å². The number of sulfonamides is 1. The highest BCUT2D eigenvalue weighted by molar-refractivity contribution is 7.89. The maximum absolute atomic E-state index is 12.3. The van der Waals surface area contributed by atoms with Gasteiger partial charge in [0, 0.05) is 25.6 Å². The fourth-order valence-electron chi connectivity index (χ4n) is 2.14. The number of carbonyl (C=O) groups is 1. The minimum atomic E-state index is -3.67. The van der Waals surface area contributed by atoms with Crippen molar-refractivity contribution in [2.45, 2.75) is 24.7 Å². The maximum atomic E-state index is 12.3. The van der Waals surface area contributed by atoms with Crippen molar-refractivity contribution >= 4 is 16.0 Å². The Kier molecular flexibility index (Phi) is 7.48. The molecule has 1 aromatic rings. The van der Waals surface area contributed by atoms with E-state index in [1.807, 2.05) is 6.92 Å². The molecule has 0 aliphatic carbocycles. The van der Waals surface area contributed by atoms with Crippen LogP contribution in [0.1, 0.15) is 19.8 Å². The lowest BCUT2D eigenvalue weighted by molar-refractivity contribution is -0.145. The van der Waals surface area contributed by atoms with E-state index in [1.54, 1.807) is 6.07 Å². The van der Waals surface area contributed by atoms with Crippen molar-refractivity contribution in [3.63, 3.8) is 0 Å². The Morgan fingerprint density at radius 2 is 1.96 bits per heavy atom. The summed E-state index contributed by atoms with van der Waals surface area (Å²) in [5, 5.41) is 0. The predicted molar refractivity (Wildman–Crippen MR) is 89.3 cm³/mol. The van der Waals surface area contributed by atoms with E-state index in [1.165, 1.54) is 12.1 Å². The predicted octanol–water partition coefficient (Wildman–Crippen LogP) is 1.10. The fraction of sp³-hybridized carbons (Fsp3) is 0.562. The van der Waals surface area contributed by atoms with Crippen molar-refractivity contribution in [3.8, 4) is 11.5 Å². The molecule has 2 rings (SSSR count). The highest BCUT2D eigenvalue weighted by Gasteiger charge is 2.19. The van der Waals surface area contributed by atoms with Crippen molar-refractivity contribution in [2.24, 2.45) is 0 Å². The summed E-state index contributed by atoms with van der Waals surface area (Å²) in [6.45, 7) is 3.95. The lowest BCUT2D eigenvalue weighted by Gasteiger charge is -2.18. The molecule has 0 spiro atoms. The van der Waals surface area contributed by atoms with Gasteiger partial charge in [-0.05, 0) is 25.5 Å². The number of hydrogen-bond donors (Lipinski definition) is 1. The van der Waals surface area contributed by atoms with Crippen LogP contribution in [-0.2, 0) is 24.3 Å². The molecule has 0 saturated heterocycles. The third-order valence-corrected chi connectivity index (χ3v) is 4.83. The minimum absolute atomic E-state index is 0.0936. The van der Waals surface area contributed by atoms with Crippen LogP contribution in [0.4, 0.5) is 0 Å². The second-order valence-corrected chi connectivity index (χ2v) is 6.99. The van der Waals surface area contributed by atoms with Crippen LogP contribution in [0.25, 0.3) is 0 Å². The zero-order chi connectivity index (χ0) is 18.1. The number of fused-ring (bicyclic) bond motifs is 1. The van der Waals surface area contributed by atoms with Crippen molar-refractivity contribution in [2.75, 3.05) is 39.6 Å². The number of rotatable bonds is 10. The molecule has 25 heavy (non-hydrogen) atoms. The van der Waals surface area contributed by atoms with Gasteiger partial charge >= 0.3 is 5.97 Å². The molecule has 0 bridgehead atoms. The highest BCUT2D eigenvalue weighted by Crippen LogP contribution is 2.32. The van der Waals surface area contributed by atoms with Gasteiger partial charge in [0.2, 0.25) is 10.0 Å². The quantitative estimate of drug-likeness (QED) is 0.484. The Morgan fingerprint density at radius 1 is 1.20 bits per heavy atom. The molecule has 1 aliphatic heterocycles. The average molecular weight is 373 g/mol. The van der Waals surface area contributed by atoms with Gasteiger partial charge in [-0.25, -0.2) is 13.1 Å². The Labute approximate surface area is 147 Å². The summed E-state index contributed by atoms with van der Waals surface area (Å²) in [6, 6.07) is 4.45. The monoisotopic (exact) mass is 373 g/mol. The van der Waals surface area contributed by atoms with Gasteiger partial charge in [0.05, 0.1) is 11.5 Å². The molecule has 140 valence electrons. The number of benzene rings is 1. The standard InChI is InChI=1S/C16H23NO7S/c1-2-21-8-9-24-16(18)4-3-7-17-25(19,20)13-5-6-14-15(12-13)23-11-10-22-14/h5-6,12,17H,2-4,7-11H2,1H3. The van der Waals surface area contributed by atoms with E-state index in [4.69, 9.17) is 18.9 Å². The van der Waals surface area contributed by atoms with Crippen molar-refractivity contribution < 1.29 is 32.2 Å². The van der Waals surface area contributed by atoms with Crippen LogP contribution in [0.15, 0.2) is 23.1 Å². The largest absolute Gasteiger partial charge is 0.486 e. The molecule has 0 amide bonds. The molecule has 1 N–H and O–H groups in total. The van der Waals surface area contributed by atoms with Gasteiger partial charge in [-0.1, -0.05) is 0 Å². The third kappa shape index (κ3) is 6.18. The third-order valence-electron chi connectivity index (χ3n) is 3.37. The summed E-state index contributed by atoms with van der Waals surface area (Å²) in [4.78, 5) is 11.6. The Balaban J connectivity index is 1.75. The van der Waals surface area contributed by atoms with E-state index in [-0.39, 0.29) is 30.4 Å². The van der Waals surface area contributed by atoms with E-state index < -0.39 is 10.0 Å². The second kappa shape index (κ2) is 9.59. The van der Waals surface area contributed by atoms with Gasteiger partial charge in [-0.2, -0.15) is 0 Å². The van der Waals surface area contributed by atoms with Gasteiger partial charge in [-0.3, -0.25) is 4.79 Å². The lowest BCUT2D eigenvalue weighted by atomic mass is 10.3. The maximum Gasteiger partial charge on any atom is 0.305 e.